The smallest absolute Gasteiger partial charge is 0.253 e. The number of aromatic nitrogens is 2. The molecule has 0 aliphatic heterocycles. The average molecular weight is 513 g/mol. The van der Waals surface area contributed by atoms with Crippen LogP contribution in [0.5, 0.6) is 0 Å². The van der Waals surface area contributed by atoms with Gasteiger partial charge in [0, 0.05) is 53.1 Å². The zero-order valence-corrected chi connectivity index (χ0v) is 23.7. The Balaban J connectivity index is 1.76. The van der Waals surface area contributed by atoms with Crippen molar-refractivity contribution in [2.75, 3.05) is 14.1 Å². The molecule has 2 heterocycles. The van der Waals surface area contributed by atoms with Crippen molar-refractivity contribution >= 4 is 16.8 Å². The van der Waals surface area contributed by atoms with Gasteiger partial charge in [0.25, 0.3) is 11.5 Å². The Labute approximate surface area is 225 Å². The number of carbonyl (C=O) groups excluding carboxylic acids is 1. The van der Waals surface area contributed by atoms with E-state index < -0.39 is 0 Å². The fourth-order valence-corrected chi connectivity index (χ4v) is 5.26. The first-order valence-corrected chi connectivity index (χ1v) is 13.5. The van der Waals surface area contributed by atoms with Gasteiger partial charge in [-0.15, -0.1) is 0 Å². The molecule has 0 atom stereocenters. The maximum atomic E-state index is 13.7. The Kier molecular flexibility index (Phi) is 8.22. The fraction of sp³-hybridized carbons (Fsp3) is 0.375. The van der Waals surface area contributed by atoms with Gasteiger partial charge in [0.15, 0.2) is 0 Å². The van der Waals surface area contributed by atoms with Crippen molar-refractivity contribution in [1.82, 2.24) is 19.8 Å². The van der Waals surface area contributed by atoms with E-state index in [0.29, 0.717) is 11.1 Å². The highest BCUT2D eigenvalue weighted by atomic mass is 16.1. The maximum Gasteiger partial charge on any atom is 0.253 e. The minimum atomic E-state index is -0.173. The Bertz CT molecular complexity index is 1510. The molecule has 0 saturated heterocycles. The van der Waals surface area contributed by atoms with Gasteiger partial charge in [-0.3, -0.25) is 9.59 Å². The molecule has 6 nitrogen and oxygen atoms in total. The summed E-state index contributed by atoms with van der Waals surface area (Å²) in [6.07, 6.45) is 3.86. The van der Waals surface area contributed by atoms with Gasteiger partial charge in [-0.05, 0) is 94.2 Å². The minimum Gasteiger partial charge on any atom is -0.348 e. The van der Waals surface area contributed by atoms with Crippen molar-refractivity contribution in [3.63, 3.8) is 0 Å². The van der Waals surface area contributed by atoms with E-state index in [4.69, 9.17) is 0 Å². The summed E-state index contributed by atoms with van der Waals surface area (Å²) in [5.41, 5.74) is 8.37. The molecule has 200 valence electrons. The number of hydrogen-bond acceptors (Lipinski definition) is 3. The summed E-state index contributed by atoms with van der Waals surface area (Å²) in [6, 6.07) is 15.0. The normalized spacial score (nSPS) is 11.6. The standard InChI is InChI=1S/C32H40N4O2/c1-8-9-25-14-22(5)34-32(38)28(25)17-33-31(37)27-15-26(24-12-10-23(11-13-24)19-35(6)7)16-29-30(27)21(4)18-36(29)20(2)3/h10-16,18,20H,8-9,17,19H2,1-7H3,(H,33,37)(H,34,38). The summed E-state index contributed by atoms with van der Waals surface area (Å²) in [5.74, 6) is -0.173. The van der Waals surface area contributed by atoms with Crippen molar-refractivity contribution in [2.45, 2.75) is 66.6 Å². The Morgan fingerprint density at radius 1 is 1.05 bits per heavy atom. The highest BCUT2D eigenvalue weighted by molar-refractivity contribution is 6.09. The van der Waals surface area contributed by atoms with Gasteiger partial charge >= 0.3 is 0 Å². The molecule has 0 aliphatic rings. The quantitative estimate of drug-likeness (QED) is 0.283. The van der Waals surface area contributed by atoms with Gasteiger partial charge in [-0.2, -0.15) is 0 Å². The Morgan fingerprint density at radius 3 is 2.39 bits per heavy atom. The molecule has 0 radical (unpaired) electrons. The van der Waals surface area contributed by atoms with E-state index in [-0.39, 0.29) is 24.1 Å². The maximum absolute atomic E-state index is 13.7. The van der Waals surface area contributed by atoms with Gasteiger partial charge in [0.2, 0.25) is 0 Å². The predicted molar refractivity (Wildman–Crippen MR) is 157 cm³/mol. The summed E-state index contributed by atoms with van der Waals surface area (Å²) < 4.78 is 2.23. The van der Waals surface area contributed by atoms with E-state index in [0.717, 1.165) is 58.2 Å². The second-order valence-corrected chi connectivity index (χ2v) is 10.9. The molecular formula is C32H40N4O2. The molecule has 0 aliphatic carbocycles. The van der Waals surface area contributed by atoms with Crippen LogP contribution >= 0.6 is 0 Å². The fourth-order valence-electron chi connectivity index (χ4n) is 5.26. The van der Waals surface area contributed by atoms with Crippen LogP contribution in [0.15, 0.2) is 53.5 Å². The number of pyridine rings is 1. The Morgan fingerprint density at radius 2 is 1.76 bits per heavy atom. The first-order valence-electron chi connectivity index (χ1n) is 13.5. The number of H-pyrrole nitrogens is 1. The third-order valence-electron chi connectivity index (χ3n) is 7.02. The summed E-state index contributed by atoms with van der Waals surface area (Å²) in [5, 5.41) is 4.02. The summed E-state index contributed by atoms with van der Waals surface area (Å²) in [7, 11) is 4.12. The van der Waals surface area contributed by atoms with Crippen LogP contribution in [-0.2, 0) is 19.5 Å². The van der Waals surface area contributed by atoms with Crippen LogP contribution in [0.4, 0.5) is 0 Å². The zero-order chi connectivity index (χ0) is 27.6. The molecule has 1 amide bonds. The number of benzene rings is 2. The number of carbonyl (C=O) groups is 1. The lowest BCUT2D eigenvalue weighted by Crippen LogP contribution is -2.28. The van der Waals surface area contributed by atoms with Crippen LogP contribution in [0.2, 0.25) is 0 Å². The monoisotopic (exact) mass is 512 g/mol. The first-order chi connectivity index (χ1) is 18.1. The van der Waals surface area contributed by atoms with Gasteiger partial charge in [-0.25, -0.2) is 0 Å². The van der Waals surface area contributed by atoms with E-state index >= 15 is 0 Å². The second kappa shape index (κ2) is 11.4. The number of aromatic amines is 1. The predicted octanol–water partition coefficient (Wildman–Crippen LogP) is 6.14. The molecule has 0 unspecified atom stereocenters. The lowest BCUT2D eigenvalue weighted by Gasteiger charge is -2.15. The van der Waals surface area contributed by atoms with E-state index in [9.17, 15) is 9.59 Å². The molecule has 38 heavy (non-hydrogen) atoms. The minimum absolute atomic E-state index is 0.132. The van der Waals surface area contributed by atoms with Gasteiger partial charge in [0.05, 0.1) is 0 Å². The first kappa shape index (κ1) is 27.4. The number of fused-ring (bicyclic) bond motifs is 1. The molecule has 4 aromatic rings. The Hall–Kier alpha value is -3.64. The van der Waals surface area contributed by atoms with Crippen molar-refractivity contribution in [2.24, 2.45) is 0 Å². The van der Waals surface area contributed by atoms with Crippen LogP contribution in [-0.4, -0.2) is 34.5 Å². The second-order valence-electron chi connectivity index (χ2n) is 10.9. The van der Waals surface area contributed by atoms with Crippen LogP contribution in [0.25, 0.3) is 22.0 Å². The third-order valence-corrected chi connectivity index (χ3v) is 7.02. The van der Waals surface area contributed by atoms with E-state index in [1.165, 1.54) is 5.56 Å². The van der Waals surface area contributed by atoms with Gasteiger partial charge in [0.1, 0.15) is 0 Å². The highest BCUT2D eigenvalue weighted by Crippen LogP contribution is 2.33. The molecule has 2 aromatic heterocycles. The van der Waals surface area contributed by atoms with E-state index in [1.807, 2.05) is 19.1 Å². The average Bonchev–Trinajstić information content (AvgIpc) is 3.19. The number of amides is 1. The number of rotatable bonds is 9. The van der Waals surface area contributed by atoms with Crippen LogP contribution < -0.4 is 10.9 Å². The van der Waals surface area contributed by atoms with Crippen molar-refractivity contribution in [1.29, 1.82) is 0 Å². The van der Waals surface area contributed by atoms with E-state index in [2.05, 4.69) is 98.1 Å². The third kappa shape index (κ3) is 5.76. The summed E-state index contributed by atoms with van der Waals surface area (Å²) >= 11 is 0. The molecule has 2 N–H and O–H groups in total. The summed E-state index contributed by atoms with van der Waals surface area (Å²) in [6.45, 7) is 11.4. The zero-order valence-electron chi connectivity index (χ0n) is 23.7. The topological polar surface area (TPSA) is 70.1 Å². The molecular weight excluding hydrogens is 472 g/mol. The molecule has 0 spiro atoms. The molecule has 4 rings (SSSR count). The molecule has 0 fully saturated rings. The van der Waals surface area contributed by atoms with Crippen molar-refractivity contribution in [3.05, 3.63) is 92.5 Å². The van der Waals surface area contributed by atoms with Gasteiger partial charge in [-0.1, -0.05) is 37.6 Å². The van der Waals surface area contributed by atoms with Gasteiger partial charge < -0.3 is 19.8 Å². The largest absolute Gasteiger partial charge is 0.348 e. The molecule has 6 heteroatoms. The van der Waals surface area contributed by atoms with Crippen LogP contribution in [0.3, 0.4) is 0 Å². The van der Waals surface area contributed by atoms with Crippen molar-refractivity contribution in [3.8, 4) is 11.1 Å². The number of hydrogen-bond donors (Lipinski definition) is 2. The lowest BCUT2D eigenvalue weighted by atomic mass is 9.97. The number of aryl methyl sites for hydroxylation is 3. The van der Waals surface area contributed by atoms with Crippen LogP contribution in [0.1, 0.15) is 71.5 Å². The van der Waals surface area contributed by atoms with Crippen LogP contribution in [0, 0.1) is 13.8 Å². The van der Waals surface area contributed by atoms with Crippen molar-refractivity contribution < 1.29 is 4.79 Å². The molecule has 0 bridgehead atoms. The van der Waals surface area contributed by atoms with E-state index in [1.54, 1.807) is 0 Å². The molecule has 0 saturated carbocycles. The number of nitrogens with zero attached hydrogens (tertiary/aromatic N) is 2. The SMILES string of the molecule is CCCc1cc(C)[nH]c(=O)c1CNC(=O)c1cc(-c2ccc(CN(C)C)cc2)cc2c1c(C)cn2C(C)C. The summed E-state index contributed by atoms with van der Waals surface area (Å²) in [4.78, 5) is 31.5. The highest BCUT2D eigenvalue weighted by Gasteiger charge is 2.20. The lowest BCUT2D eigenvalue weighted by molar-refractivity contribution is 0.0952. The molecule has 2 aromatic carbocycles. The number of nitrogens with one attached hydrogen (secondary N) is 2.